The van der Waals surface area contributed by atoms with Crippen LogP contribution in [0, 0.1) is 5.92 Å². The first-order valence-corrected chi connectivity index (χ1v) is 4.91. The van der Waals surface area contributed by atoms with Crippen molar-refractivity contribution in [3.8, 4) is 0 Å². The molecule has 0 rings (SSSR count). The normalized spacial score (nSPS) is 18.7. The Morgan fingerprint density at radius 3 is 2.31 bits per heavy atom. The molecule has 0 amide bonds. The zero-order chi connectivity index (χ0) is 10.5. The molecule has 0 bridgehead atoms. The molecule has 3 heteroatoms. The summed E-state index contributed by atoms with van der Waals surface area (Å²) in [5, 5.41) is 9.65. The average Bonchev–Trinajstić information content (AvgIpc) is 2.00. The fourth-order valence-electron chi connectivity index (χ4n) is 1.12. The van der Waals surface area contributed by atoms with Crippen molar-refractivity contribution >= 4 is 0 Å². The van der Waals surface area contributed by atoms with E-state index >= 15 is 0 Å². The molecule has 3 nitrogen and oxygen atoms in total. The summed E-state index contributed by atoms with van der Waals surface area (Å²) in [6.45, 7) is 8.93. The largest absolute Gasteiger partial charge is 0.389 e. The molecule has 3 N–H and O–H groups in total. The first-order chi connectivity index (χ1) is 5.87. The number of ether oxygens (including phenoxy) is 1. The Bertz CT molecular complexity index is 135. The van der Waals surface area contributed by atoms with E-state index in [4.69, 9.17) is 10.5 Å². The van der Waals surface area contributed by atoms with Gasteiger partial charge in [-0.2, -0.15) is 0 Å². The van der Waals surface area contributed by atoms with Crippen LogP contribution in [0.5, 0.6) is 0 Å². The second-order valence-electron chi connectivity index (χ2n) is 4.44. The standard InChI is InChI=1S/C10H23NO2/c1-8(2)6-13-9(3)5-10(4,12)7-11/h8-9,12H,5-7,11H2,1-4H3. The van der Waals surface area contributed by atoms with Crippen LogP contribution in [-0.2, 0) is 4.74 Å². The van der Waals surface area contributed by atoms with E-state index in [0.717, 1.165) is 6.61 Å². The summed E-state index contributed by atoms with van der Waals surface area (Å²) in [6, 6.07) is 0. The van der Waals surface area contributed by atoms with Crippen LogP contribution < -0.4 is 5.73 Å². The minimum absolute atomic E-state index is 0.0703. The van der Waals surface area contributed by atoms with Crippen molar-refractivity contribution in [2.24, 2.45) is 11.7 Å². The first-order valence-electron chi connectivity index (χ1n) is 4.91. The second kappa shape index (κ2) is 5.58. The van der Waals surface area contributed by atoms with Crippen LogP contribution in [-0.4, -0.2) is 30.0 Å². The Balaban J connectivity index is 3.67. The van der Waals surface area contributed by atoms with Gasteiger partial charge in [-0.1, -0.05) is 13.8 Å². The van der Waals surface area contributed by atoms with Crippen LogP contribution in [0.25, 0.3) is 0 Å². The van der Waals surface area contributed by atoms with Gasteiger partial charge in [0.25, 0.3) is 0 Å². The van der Waals surface area contributed by atoms with Gasteiger partial charge < -0.3 is 15.6 Å². The molecule has 2 atom stereocenters. The Morgan fingerprint density at radius 2 is 1.92 bits per heavy atom. The van der Waals surface area contributed by atoms with Gasteiger partial charge in [-0.3, -0.25) is 0 Å². The Morgan fingerprint density at radius 1 is 1.38 bits per heavy atom. The van der Waals surface area contributed by atoms with Crippen molar-refractivity contribution in [2.45, 2.75) is 45.8 Å². The monoisotopic (exact) mass is 189 g/mol. The van der Waals surface area contributed by atoms with Crippen molar-refractivity contribution in [3.05, 3.63) is 0 Å². The highest BCUT2D eigenvalue weighted by atomic mass is 16.5. The molecule has 0 heterocycles. The van der Waals surface area contributed by atoms with E-state index in [1.165, 1.54) is 0 Å². The van der Waals surface area contributed by atoms with Crippen LogP contribution in [0.15, 0.2) is 0 Å². The molecule has 0 saturated carbocycles. The molecule has 80 valence electrons. The lowest BCUT2D eigenvalue weighted by molar-refractivity contribution is -0.0245. The van der Waals surface area contributed by atoms with E-state index in [1.54, 1.807) is 6.92 Å². The molecule has 0 saturated heterocycles. The highest BCUT2D eigenvalue weighted by Crippen LogP contribution is 2.13. The Labute approximate surface area is 81.3 Å². The van der Waals surface area contributed by atoms with Crippen molar-refractivity contribution in [1.29, 1.82) is 0 Å². The van der Waals surface area contributed by atoms with Crippen molar-refractivity contribution in [2.75, 3.05) is 13.2 Å². The molecule has 0 aromatic carbocycles. The van der Waals surface area contributed by atoms with E-state index in [0.29, 0.717) is 12.3 Å². The molecular weight excluding hydrogens is 166 g/mol. The molecule has 0 aromatic rings. The summed E-state index contributed by atoms with van der Waals surface area (Å²) >= 11 is 0. The van der Waals surface area contributed by atoms with E-state index in [2.05, 4.69) is 13.8 Å². The molecule has 0 radical (unpaired) electrons. The molecule has 0 aromatic heterocycles. The van der Waals surface area contributed by atoms with Gasteiger partial charge in [0.05, 0.1) is 11.7 Å². The molecule has 13 heavy (non-hydrogen) atoms. The molecular formula is C10H23NO2. The molecule has 0 aliphatic carbocycles. The highest BCUT2D eigenvalue weighted by Gasteiger charge is 2.21. The van der Waals surface area contributed by atoms with E-state index < -0.39 is 5.60 Å². The number of rotatable bonds is 6. The number of aliphatic hydroxyl groups is 1. The average molecular weight is 189 g/mol. The predicted molar refractivity (Wildman–Crippen MR) is 54.5 cm³/mol. The summed E-state index contributed by atoms with van der Waals surface area (Å²) in [7, 11) is 0. The molecule has 0 spiro atoms. The van der Waals surface area contributed by atoms with E-state index in [9.17, 15) is 5.11 Å². The van der Waals surface area contributed by atoms with Crippen molar-refractivity contribution < 1.29 is 9.84 Å². The zero-order valence-corrected chi connectivity index (χ0v) is 9.21. The van der Waals surface area contributed by atoms with Crippen molar-refractivity contribution in [1.82, 2.24) is 0 Å². The molecule has 2 unspecified atom stereocenters. The predicted octanol–water partition coefficient (Wildman–Crippen LogP) is 1.15. The molecule has 0 fully saturated rings. The SMILES string of the molecule is CC(C)COC(C)CC(C)(O)CN. The van der Waals surface area contributed by atoms with Gasteiger partial charge in [0, 0.05) is 19.6 Å². The third kappa shape index (κ3) is 6.99. The van der Waals surface area contributed by atoms with Gasteiger partial charge in [0.1, 0.15) is 0 Å². The van der Waals surface area contributed by atoms with E-state index in [1.807, 2.05) is 6.92 Å². The minimum Gasteiger partial charge on any atom is -0.389 e. The highest BCUT2D eigenvalue weighted by molar-refractivity contribution is 4.76. The third-order valence-electron chi connectivity index (χ3n) is 1.88. The maximum absolute atomic E-state index is 9.65. The summed E-state index contributed by atoms with van der Waals surface area (Å²) in [5.41, 5.74) is 4.61. The molecule has 0 aliphatic rings. The third-order valence-corrected chi connectivity index (χ3v) is 1.88. The van der Waals surface area contributed by atoms with Crippen molar-refractivity contribution in [3.63, 3.8) is 0 Å². The summed E-state index contributed by atoms with van der Waals surface area (Å²) < 4.78 is 5.53. The smallest absolute Gasteiger partial charge is 0.0765 e. The summed E-state index contributed by atoms with van der Waals surface area (Å²) in [6.07, 6.45) is 0.664. The van der Waals surface area contributed by atoms with Gasteiger partial charge in [-0.25, -0.2) is 0 Å². The maximum atomic E-state index is 9.65. The maximum Gasteiger partial charge on any atom is 0.0765 e. The Hall–Kier alpha value is -0.120. The molecule has 0 aliphatic heterocycles. The van der Waals surface area contributed by atoms with Crippen LogP contribution >= 0.6 is 0 Å². The van der Waals surface area contributed by atoms with Crippen LogP contribution in [0.2, 0.25) is 0 Å². The summed E-state index contributed by atoms with van der Waals surface area (Å²) in [4.78, 5) is 0. The van der Waals surface area contributed by atoms with Gasteiger partial charge >= 0.3 is 0 Å². The second-order valence-corrected chi connectivity index (χ2v) is 4.44. The fraction of sp³-hybridized carbons (Fsp3) is 1.00. The van der Waals surface area contributed by atoms with Gasteiger partial charge in [-0.15, -0.1) is 0 Å². The van der Waals surface area contributed by atoms with Gasteiger partial charge in [0.15, 0.2) is 0 Å². The number of hydrogen-bond donors (Lipinski definition) is 2. The Kier molecular flexibility index (Phi) is 5.53. The first kappa shape index (κ1) is 12.9. The number of hydrogen-bond acceptors (Lipinski definition) is 3. The fourth-order valence-corrected chi connectivity index (χ4v) is 1.12. The lowest BCUT2D eigenvalue weighted by Crippen LogP contribution is -2.38. The summed E-state index contributed by atoms with van der Waals surface area (Å²) in [5.74, 6) is 0.533. The van der Waals surface area contributed by atoms with Crippen LogP contribution in [0.1, 0.15) is 34.1 Å². The van der Waals surface area contributed by atoms with Gasteiger partial charge in [0.2, 0.25) is 0 Å². The van der Waals surface area contributed by atoms with Gasteiger partial charge in [-0.05, 0) is 19.8 Å². The van der Waals surface area contributed by atoms with Crippen LogP contribution in [0.3, 0.4) is 0 Å². The lowest BCUT2D eigenvalue weighted by Gasteiger charge is -2.25. The number of nitrogens with two attached hydrogens (primary N) is 1. The minimum atomic E-state index is -0.795. The van der Waals surface area contributed by atoms with E-state index in [-0.39, 0.29) is 12.6 Å². The lowest BCUT2D eigenvalue weighted by atomic mass is 9.99. The topological polar surface area (TPSA) is 55.5 Å². The van der Waals surface area contributed by atoms with Crippen LogP contribution in [0.4, 0.5) is 0 Å². The zero-order valence-electron chi connectivity index (χ0n) is 9.21. The quantitative estimate of drug-likeness (QED) is 0.659.